The van der Waals surface area contributed by atoms with Crippen LogP contribution in [0.5, 0.6) is 5.75 Å². The van der Waals surface area contributed by atoms with Gasteiger partial charge in [0.1, 0.15) is 12.0 Å². The zero-order chi connectivity index (χ0) is 35.1. The Morgan fingerprint density at radius 1 is 1.14 bits per heavy atom. The first-order valence-corrected chi connectivity index (χ1v) is 16.5. The van der Waals surface area contributed by atoms with Gasteiger partial charge in [-0.05, 0) is 23.4 Å². The third kappa shape index (κ3) is 9.82. The molecule has 3 N–H and O–H groups in total. The lowest BCUT2D eigenvalue weighted by molar-refractivity contribution is -0.127. The van der Waals surface area contributed by atoms with Crippen LogP contribution in [0.25, 0.3) is 10.1 Å². The number of rotatable bonds is 12. The number of likely N-dealkylation sites (tertiary alicyclic amines) is 1. The minimum absolute atomic E-state index is 0.0370. The fourth-order valence-electron chi connectivity index (χ4n) is 5.98. The average molecular weight is 719 g/mol. The van der Waals surface area contributed by atoms with Crippen molar-refractivity contribution in [3.05, 3.63) is 46.6 Å². The van der Waals surface area contributed by atoms with E-state index in [-0.39, 0.29) is 53.8 Å². The molecular formula is C33H37F7N4O4S. The summed E-state index contributed by atoms with van der Waals surface area (Å²) in [4.78, 5) is 3.59. The molecule has 3 aromatic rings. The number of ether oxygens (including phenoxy) is 3. The van der Waals surface area contributed by atoms with Gasteiger partial charge in [-0.1, -0.05) is 24.0 Å². The molecule has 3 atom stereocenters. The SMILES string of the molecule is COCC(O)CN1CCC(Nc2cccc3c(CC(F)(F)F)c(C#CCNc4cc(F)c(N5CCOCC5)cc4OC(F)F)sc23)C(F)C1. The van der Waals surface area contributed by atoms with Crippen LogP contribution in [0.2, 0.25) is 0 Å². The highest BCUT2D eigenvalue weighted by molar-refractivity contribution is 7.20. The standard InChI is InChI=1S/C33H37F7N4O4S/c1-46-19-20(45)17-43-9-7-25(24(35)18-43)42-26-5-2-4-21-22(16-33(38,39)40)30(49-31(21)26)6-3-8-41-27-14-23(34)28(15-29(27)48-32(36)37)44-10-12-47-13-11-44/h2,4-5,14-15,20,24-25,32,41-42,45H,7-13,16-19H2,1H3. The molecule has 0 bridgehead atoms. The zero-order valence-electron chi connectivity index (χ0n) is 26.6. The molecule has 2 aromatic carbocycles. The second kappa shape index (κ2) is 16.5. The first-order chi connectivity index (χ1) is 23.4. The number of fused-ring (bicyclic) bond motifs is 1. The van der Waals surface area contributed by atoms with Crippen LogP contribution in [0.3, 0.4) is 0 Å². The van der Waals surface area contributed by atoms with E-state index >= 15 is 8.78 Å². The number of nitrogens with zero attached hydrogens (tertiary/aromatic N) is 2. The van der Waals surface area contributed by atoms with Crippen molar-refractivity contribution in [2.45, 2.75) is 43.9 Å². The highest BCUT2D eigenvalue weighted by Crippen LogP contribution is 2.40. The molecule has 0 amide bonds. The van der Waals surface area contributed by atoms with Crippen LogP contribution in [0.1, 0.15) is 16.9 Å². The summed E-state index contributed by atoms with van der Waals surface area (Å²) < 4.78 is 113. The lowest BCUT2D eigenvalue weighted by Gasteiger charge is -2.36. The number of aliphatic hydroxyl groups excluding tert-OH is 1. The van der Waals surface area contributed by atoms with Crippen LogP contribution in [0.15, 0.2) is 30.3 Å². The Morgan fingerprint density at radius 2 is 1.92 bits per heavy atom. The maximum absolute atomic E-state index is 15.2. The van der Waals surface area contributed by atoms with Gasteiger partial charge in [-0.25, -0.2) is 8.78 Å². The summed E-state index contributed by atoms with van der Waals surface area (Å²) >= 11 is 1.03. The average Bonchev–Trinajstić information content (AvgIpc) is 3.38. The molecule has 2 aliphatic heterocycles. The smallest absolute Gasteiger partial charge is 0.393 e. The Bertz CT molecular complexity index is 1620. The molecule has 2 aliphatic rings. The molecule has 16 heteroatoms. The van der Waals surface area contributed by atoms with E-state index in [1.54, 1.807) is 28.0 Å². The second-order valence-corrected chi connectivity index (χ2v) is 12.8. The van der Waals surface area contributed by atoms with Gasteiger partial charge in [0.15, 0.2) is 5.75 Å². The largest absolute Gasteiger partial charge is 0.433 e. The summed E-state index contributed by atoms with van der Waals surface area (Å²) in [6.45, 7) is -1.00. The molecule has 5 rings (SSSR count). The molecule has 1 aromatic heterocycles. The van der Waals surface area contributed by atoms with Gasteiger partial charge in [-0.15, -0.1) is 11.3 Å². The number of hydrogen-bond donors (Lipinski definition) is 3. The van der Waals surface area contributed by atoms with Crippen LogP contribution in [0, 0.1) is 17.7 Å². The van der Waals surface area contributed by atoms with E-state index in [9.17, 15) is 27.1 Å². The van der Waals surface area contributed by atoms with Gasteiger partial charge in [0.25, 0.3) is 0 Å². The first-order valence-electron chi connectivity index (χ1n) is 15.7. The number of benzene rings is 2. The minimum atomic E-state index is -4.54. The number of nitrogens with one attached hydrogen (secondary N) is 2. The van der Waals surface area contributed by atoms with Gasteiger partial charge in [-0.2, -0.15) is 22.0 Å². The van der Waals surface area contributed by atoms with E-state index in [0.29, 0.717) is 55.0 Å². The van der Waals surface area contributed by atoms with Crippen molar-refractivity contribution >= 4 is 38.5 Å². The van der Waals surface area contributed by atoms with Crippen molar-refractivity contribution in [1.82, 2.24) is 4.90 Å². The lowest BCUT2D eigenvalue weighted by atomic mass is 10.0. The van der Waals surface area contributed by atoms with E-state index in [1.165, 1.54) is 13.2 Å². The maximum Gasteiger partial charge on any atom is 0.393 e. The molecular weight excluding hydrogens is 681 g/mol. The predicted octanol–water partition coefficient (Wildman–Crippen LogP) is 5.88. The van der Waals surface area contributed by atoms with Crippen molar-refractivity contribution in [2.24, 2.45) is 0 Å². The summed E-state index contributed by atoms with van der Waals surface area (Å²) in [5, 5.41) is 16.3. The van der Waals surface area contributed by atoms with Gasteiger partial charge in [0.2, 0.25) is 0 Å². The Hall–Kier alpha value is -3.49. The maximum atomic E-state index is 15.2. The zero-order valence-corrected chi connectivity index (χ0v) is 27.4. The Balaban J connectivity index is 1.35. The van der Waals surface area contributed by atoms with E-state index in [4.69, 9.17) is 9.47 Å². The molecule has 2 fully saturated rings. The second-order valence-electron chi connectivity index (χ2n) is 11.7. The number of piperidine rings is 1. The fourth-order valence-corrected chi connectivity index (χ4v) is 7.16. The van der Waals surface area contributed by atoms with Crippen molar-refractivity contribution in [1.29, 1.82) is 0 Å². The van der Waals surface area contributed by atoms with Gasteiger partial charge in [-0.3, -0.25) is 4.90 Å². The molecule has 0 spiro atoms. The molecule has 0 radical (unpaired) electrons. The molecule has 8 nitrogen and oxygen atoms in total. The number of morpholine rings is 1. The Morgan fingerprint density at radius 3 is 2.61 bits per heavy atom. The highest BCUT2D eigenvalue weighted by atomic mass is 32.1. The van der Waals surface area contributed by atoms with Crippen molar-refractivity contribution in [2.75, 3.05) is 81.7 Å². The number of halogens is 7. The molecule has 3 unspecified atom stereocenters. The number of hydrogen-bond acceptors (Lipinski definition) is 9. The predicted molar refractivity (Wildman–Crippen MR) is 174 cm³/mol. The minimum Gasteiger partial charge on any atom is -0.433 e. The van der Waals surface area contributed by atoms with Crippen LogP contribution < -0.4 is 20.3 Å². The van der Waals surface area contributed by atoms with Crippen molar-refractivity contribution < 1.29 is 50.1 Å². The van der Waals surface area contributed by atoms with Crippen LogP contribution in [-0.4, -0.2) is 107 Å². The van der Waals surface area contributed by atoms with Crippen LogP contribution in [-0.2, 0) is 15.9 Å². The van der Waals surface area contributed by atoms with E-state index in [1.807, 2.05) is 0 Å². The molecule has 49 heavy (non-hydrogen) atoms. The molecule has 2 saturated heterocycles. The normalized spacial score (nSPS) is 19.5. The van der Waals surface area contributed by atoms with Gasteiger partial charge in [0, 0.05) is 52.0 Å². The number of alkyl halides is 6. The van der Waals surface area contributed by atoms with Gasteiger partial charge in [0.05, 0.1) is 71.6 Å². The molecule has 0 aliphatic carbocycles. The van der Waals surface area contributed by atoms with Crippen molar-refractivity contribution in [3.8, 4) is 17.6 Å². The number of thiophene rings is 1. The lowest BCUT2D eigenvalue weighted by Crippen LogP contribution is -2.50. The van der Waals surface area contributed by atoms with Gasteiger partial charge >= 0.3 is 12.8 Å². The summed E-state index contributed by atoms with van der Waals surface area (Å²) in [7, 11) is 1.47. The van der Waals surface area contributed by atoms with Crippen LogP contribution >= 0.6 is 11.3 Å². The summed E-state index contributed by atoms with van der Waals surface area (Å²) in [6, 6.07) is 6.41. The Labute approximate surface area is 283 Å². The molecule has 3 heterocycles. The fraction of sp³-hybridized carbons (Fsp3) is 0.515. The van der Waals surface area contributed by atoms with Crippen LogP contribution in [0.4, 0.5) is 47.8 Å². The van der Waals surface area contributed by atoms with Crippen molar-refractivity contribution in [3.63, 3.8) is 0 Å². The Kier molecular flexibility index (Phi) is 12.4. The third-order valence-electron chi connectivity index (χ3n) is 8.18. The number of β-amino-alcohol motifs (C(OH)–C–C–N with tert-alkyl or cyclic N) is 1. The quantitative estimate of drug-likeness (QED) is 0.159. The molecule has 0 saturated carbocycles. The summed E-state index contributed by atoms with van der Waals surface area (Å²) in [5.41, 5.74) is 0.419. The van der Waals surface area contributed by atoms with E-state index in [0.717, 1.165) is 17.4 Å². The molecule has 268 valence electrons. The summed E-state index contributed by atoms with van der Waals surface area (Å²) in [5.74, 6) is 4.51. The highest BCUT2D eigenvalue weighted by Gasteiger charge is 2.33. The van der Waals surface area contributed by atoms with E-state index in [2.05, 4.69) is 27.2 Å². The van der Waals surface area contributed by atoms with E-state index < -0.39 is 43.3 Å². The number of anilines is 3. The monoisotopic (exact) mass is 718 g/mol. The van der Waals surface area contributed by atoms with Gasteiger partial charge < -0.3 is 34.9 Å². The number of methoxy groups -OCH3 is 1. The topological polar surface area (TPSA) is 78.5 Å². The third-order valence-corrected chi connectivity index (χ3v) is 9.37. The summed E-state index contributed by atoms with van der Waals surface area (Å²) in [6.07, 6.45) is -7.44. The number of aliphatic hydroxyl groups is 1. The first kappa shape index (κ1) is 36.8.